The van der Waals surface area contributed by atoms with Crippen LogP contribution < -0.4 is 10.2 Å². The van der Waals surface area contributed by atoms with E-state index < -0.39 is 0 Å². The van der Waals surface area contributed by atoms with Crippen molar-refractivity contribution in [2.75, 3.05) is 10.2 Å². The van der Waals surface area contributed by atoms with Gasteiger partial charge in [0.2, 0.25) is 0 Å². The monoisotopic (exact) mass is 426 g/mol. The lowest BCUT2D eigenvalue weighted by atomic mass is 9.80. The molecular weight excluding hydrogens is 392 g/mol. The Morgan fingerprint density at radius 3 is 2.16 bits per heavy atom. The zero-order chi connectivity index (χ0) is 22.9. The van der Waals surface area contributed by atoms with E-state index in [0.717, 1.165) is 23.4 Å². The van der Waals surface area contributed by atoms with E-state index in [4.69, 9.17) is 0 Å². The lowest BCUT2D eigenvalue weighted by molar-refractivity contribution is 0.0960. The maximum absolute atomic E-state index is 13.8. The number of amides is 1. The average Bonchev–Trinajstić information content (AvgIpc) is 2.80. The van der Waals surface area contributed by atoms with Gasteiger partial charge in [0.25, 0.3) is 5.91 Å². The number of hydrogen-bond donors (Lipinski definition) is 1. The van der Waals surface area contributed by atoms with Gasteiger partial charge in [-0.2, -0.15) is 0 Å². The van der Waals surface area contributed by atoms with Crippen molar-refractivity contribution in [1.82, 2.24) is 0 Å². The molecule has 1 amide bonds. The van der Waals surface area contributed by atoms with Crippen molar-refractivity contribution in [1.29, 1.82) is 0 Å². The zero-order valence-corrected chi connectivity index (χ0v) is 19.8. The van der Waals surface area contributed by atoms with E-state index in [9.17, 15) is 4.79 Å². The highest BCUT2D eigenvalue weighted by Gasteiger charge is 2.40. The summed E-state index contributed by atoms with van der Waals surface area (Å²) in [5, 5.41) is 3.74. The third-order valence-electron chi connectivity index (χ3n) is 6.73. The van der Waals surface area contributed by atoms with Crippen molar-refractivity contribution >= 4 is 17.3 Å². The number of anilines is 2. The number of nitrogens with one attached hydrogen (secondary N) is 1. The summed E-state index contributed by atoms with van der Waals surface area (Å²) in [6, 6.07) is 27.1. The number of carbonyl (C=O) groups is 1. The van der Waals surface area contributed by atoms with Crippen LogP contribution in [0.4, 0.5) is 11.4 Å². The van der Waals surface area contributed by atoms with Crippen LogP contribution in [0.2, 0.25) is 0 Å². The molecule has 0 aliphatic carbocycles. The van der Waals surface area contributed by atoms with Gasteiger partial charge in [-0.1, -0.05) is 83.1 Å². The normalized spacial score (nSPS) is 20.5. The number of para-hydroxylation sites is 2. The Bertz CT molecular complexity index is 1070. The molecule has 0 bridgehead atoms. The smallest absolute Gasteiger partial charge is 0.258 e. The Hall–Kier alpha value is -3.07. The number of fused-ring (bicyclic) bond motifs is 1. The van der Waals surface area contributed by atoms with Crippen molar-refractivity contribution in [3.05, 3.63) is 95.6 Å². The first kappa shape index (κ1) is 22.1. The molecule has 166 valence electrons. The molecule has 4 rings (SSSR count). The molecule has 1 N–H and O–H groups in total. The molecule has 3 aromatic rings. The standard InChI is InChI=1S/C29H34N2O/c1-6-25-20(2)27(30-23-12-8-7-9-13-23)24-14-10-11-15-26(24)31(25)28(32)21-16-18-22(19-17-21)29(3,4)5/h7-20,25,27,30H,6H2,1-5H3/t20-,25?,27?/m1/s1. The van der Waals surface area contributed by atoms with Gasteiger partial charge in [-0.25, -0.2) is 0 Å². The Morgan fingerprint density at radius 2 is 1.53 bits per heavy atom. The minimum atomic E-state index is 0.0656. The lowest BCUT2D eigenvalue weighted by Crippen LogP contribution is -2.50. The third-order valence-corrected chi connectivity index (χ3v) is 6.73. The molecule has 0 radical (unpaired) electrons. The average molecular weight is 427 g/mol. The van der Waals surface area contributed by atoms with Crippen molar-refractivity contribution in [3.8, 4) is 0 Å². The minimum absolute atomic E-state index is 0.0656. The summed E-state index contributed by atoms with van der Waals surface area (Å²) < 4.78 is 0. The molecule has 3 heteroatoms. The Balaban J connectivity index is 1.73. The summed E-state index contributed by atoms with van der Waals surface area (Å²) in [5.41, 5.74) is 5.33. The molecule has 1 aliphatic heterocycles. The molecule has 0 spiro atoms. The molecule has 32 heavy (non-hydrogen) atoms. The van der Waals surface area contributed by atoms with Crippen LogP contribution in [0.15, 0.2) is 78.9 Å². The quantitative estimate of drug-likeness (QED) is 0.478. The van der Waals surface area contributed by atoms with Crippen LogP contribution in [-0.4, -0.2) is 11.9 Å². The largest absolute Gasteiger partial charge is 0.378 e. The van der Waals surface area contributed by atoms with Crippen LogP contribution in [0.5, 0.6) is 0 Å². The summed E-state index contributed by atoms with van der Waals surface area (Å²) >= 11 is 0. The molecule has 3 nitrogen and oxygen atoms in total. The Morgan fingerprint density at radius 1 is 0.906 bits per heavy atom. The number of nitrogens with zero attached hydrogens (tertiary/aromatic N) is 1. The summed E-state index contributed by atoms with van der Waals surface area (Å²) in [7, 11) is 0. The van der Waals surface area contributed by atoms with E-state index in [0.29, 0.717) is 0 Å². The highest BCUT2D eigenvalue weighted by molar-refractivity contribution is 6.07. The summed E-state index contributed by atoms with van der Waals surface area (Å²) in [5.74, 6) is 0.336. The molecule has 3 atom stereocenters. The van der Waals surface area contributed by atoms with Gasteiger partial charge >= 0.3 is 0 Å². The van der Waals surface area contributed by atoms with Crippen LogP contribution >= 0.6 is 0 Å². The highest BCUT2D eigenvalue weighted by Crippen LogP contribution is 2.44. The molecule has 1 aliphatic rings. The SMILES string of the molecule is CCC1[C@@H](C)C(Nc2ccccc2)c2ccccc2N1C(=O)c1ccc(C(C)(C)C)cc1. The summed E-state index contributed by atoms with van der Waals surface area (Å²) in [6.45, 7) is 11.0. The zero-order valence-electron chi connectivity index (χ0n) is 19.8. The molecule has 0 saturated heterocycles. The van der Waals surface area contributed by atoms with Gasteiger partial charge in [-0.3, -0.25) is 4.79 Å². The second-order valence-corrected chi connectivity index (χ2v) is 9.88. The Kier molecular flexibility index (Phi) is 6.10. The fourth-order valence-corrected chi connectivity index (χ4v) is 4.88. The molecule has 3 aromatic carbocycles. The second-order valence-electron chi connectivity index (χ2n) is 9.88. The molecule has 2 unspecified atom stereocenters. The fourth-order valence-electron chi connectivity index (χ4n) is 4.88. The van der Waals surface area contributed by atoms with Crippen LogP contribution in [-0.2, 0) is 5.41 Å². The minimum Gasteiger partial charge on any atom is -0.378 e. The van der Waals surface area contributed by atoms with E-state index >= 15 is 0 Å². The fraction of sp³-hybridized carbons (Fsp3) is 0.345. The van der Waals surface area contributed by atoms with Gasteiger partial charge in [-0.05, 0) is 53.3 Å². The van der Waals surface area contributed by atoms with E-state index in [1.807, 2.05) is 29.2 Å². The molecular formula is C29H34N2O. The van der Waals surface area contributed by atoms with Gasteiger partial charge in [0.1, 0.15) is 0 Å². The highest BCUT2D eigenvalue weighted by atomic mass is 16.2. The van der Waals surface area contributed by atoms with E-state index in [1.165, 1.54) is 11.1 Å². The molecule has 1 heterocycles. The van der Waals surface area contributed by atoms with Gasteiger partial charge in [-0.15, -0.1) is 0 Å². The maximum Gasteiger partial charge on any atom is 0.258 e. The molecule has 0 saturated carbocycles. The molecule has 0 aromatic heterocycles. The predicted molar refractivity (Wildman–Crippen MR) is 134 cm³/mol. The number of benzene rings is 3. The van der Waals surface area contributed by atoms with Gasteiger partial charge in [0, 0.05) is 28.9 Å². The summed E-state index contributed by atoms with van der Waals surface area (Å²) in [6.07, 6.45) is 0.897. The van der Waals surface area contributed by atoms with Crippen molar-refractivity contribution in [2.45, 2.75) is 58.5 Å². The lowest BCUT2D eigenvalue weighted by Gasteiger charge is -2.45. The number of rotatable bonds is 4. The van der Waals surface area contributed by atoms with Crippen LogP contribution in [0.3, 0.4) is 0 Å². The first-order chi connectivity index (χ1) is 15.3. The number of hydrogen-bond acceptors (Lipinski definition) is 2. The van der Waals surface area contributed by atoms with Crippen molar-refractivity contribution < 1.29 is 4.79 Å². The third kappa shape index (κ3) is 4.17. The van der Waals surface area contributed by atoms with Crippen molar-refractivity contribution in [2.24, 2.45) is 5.92 Å². The van der Waals surface area contributed by atoms with E-state index in [1.54, 1.807) is 0 Å². The van der Waals surface area contributed by atoms with Gasteiger partial charge in [0.15, 0.2) is 0 Å². The van der Waals surface area contributed by atoms with E-state index in [2.05, 4.69) is 94.5 Å². The summed E-state index contributed by atoms with van der Waals surface area (Å²) in [4.78, 5) is 15.8. The van der Waals surface area contributed by atoms with Gasteiger partial charge < -0.3 is 10.2 Å². The predicted octanol–water partition coefficient (Wildman–Crippen LogP) is 7.21. The maximum atomic E-state index is 13.8. The second kappa shape index (κ2) is 8.82. The molecule has 0 fully saturated rings. The topological polar surface area (TPSA) is 32.3 Å². The van der Waals surface area contributed by atoms with E-state index in [-0.39, 0.29) is 29.3 Å². The first-order valence-corrected chi connectivity index (χ1v) is 11.7. The number of carbonyl (C=O) groups excluding carboxylic acids is 1. The van der Waals surface area contributed by atoms with Crippen LogP contribution in [0, 0.1) is 5.92 Å². The Labute approximate surface area is 192 Å². The van der Waals surface area contributed by atoms with Crippen molar-refractivity contribution in [3.63, 3.8) is 0 Å². The first-order valence-electron chi connectivity index (χ1n) is 11.7. The van der Waals surface area contributed by atoms with Crippen LogP contribution in [0.1, 0.15) is 68.6 Å². The van der Waals surface area contributed by atoms with Crippen LogP contribution in [0.25, 0.3) is 0 Å². The van der Waals surface area contributed by atoms with Gasteiger partial charge in [0.05, 0.1) is 6.04 Å².